The van der Waals surface area contributed by atoms with Gasteiger partial charge in [-0.15, -0.1) is 11.3 Å². The van der Waals surface area contributed by atoms with Crippen LogP contribution in [-0.4, -0.2) is 25.5 Å². The maximum Gasteiger partial charge on any atom is 0.272 e. The molecule has 0 unspecified atom stereocenters. The molecule has 2 N–H and O–H groups in total. The zero-order valence-electron chi connectivity index (χ0n) is 15.1. The summed E-state index contributed by atoms with van der Waals surface area (Å²) in [5.41, 5.74) is 1.94. The van der Waals surface area contributed by atoms with Crippen LogP contribution in [0.4, 0.5) is 17.3 Å². The van der Waals surface area contributed by atoms with Crippen LogP contribution in [0.15, 0.2) is 68.7 Å². The summed E-state index contributed by atoms with van der Waals surface area (Å²) in [6.45, 7) is 0. The molecule has 2 aromatic carbocycles. The van der Waals surface area contributed by atoms with Gasteiger partial charge in [-0.25, -0.2) is 18.4 Å². The Morgan fingerprint density at radius 1 is 0.931 bits per heavy atom. The topological polar surface area (TPSA) is 93.2 Å². The number of fused-ring (bicyclic) bond motifs is 1. The summed E-state index contributed by atoms with van der Waals surface area (Å²) in [6.07, 6.45) is 0. The zero-order valence-corrected chi connectivity index (χ0v) is 18.3. The van der Waals surface area contributed by atoms with Crippen molar-refractivity contribution in [2.45, 2.75) is 4.21 Å². The number of para-hydroxylation sites is 2. The number of ether oxygens (including phenoxy) is 1. The molecular weight excluding hydrogens is 476 g/mol. The Hall–Kier alpha value is -2.69. The molecule has 0 aliphatic heterocycles. The standard InChI is InChI=1S/C19H15BrN4O3S2/c1-27-13-8-6-12(7-9-13)21-18-19(23-15-5-3-2-4-14(15)22-18)24-29(25,26)17-11-10-16(20)28-17/h2-11H,1H3,(H,21,22)(H,23,24). The number of rotatable bonds is 6. The van der Waals surface area contributed by atoms with Crippen molar-refractivity contribution < 1.29 is 13.2 Å². The number of aromatic nitrogens is 2. The monoisotopic (exact) mass is 490 g/mol. The molecule has 0 radical (unpaired) electrons. The van der Waals surface area contributed by atoms with Crippen LogP contribution in [-0.2, 0) is 10.0 Å². The van der Waals surface area contributed by atoms with Gasteiger partial charge in [0.2, 0.25) is 0 Å². The maximum atomic E-state index is 12.8. The van der Waals surface area contributed by atoms with Gasteiger partial charge in [-0.3, -0.25) is 4.72 Å². The van der Waals surface area contributed by atoms with Gasteiger partial charge >= 0.3 is 0 Å². The Kier molecular flexibility index (Phi) is 5.39. The molecule has 4 rings (SSSR count). The van der Waals surface area contributed by atoms with E-state index in [2.05, 4.69) is 35.9 Å². The van der Waals surface area contributed by atoms with E-state index in [0.717, 1.165) is 20.8 Å². The minimum absolute atomic E-state index is 0.115. The van der Waals surface area contributed by atoms with Crippen LogP contribution in [0.2, 0.25) is 0 Å². The molecule has 7 nitrogen and oxygen atoms in total. The first-order valence-corrected chi connectivity index (χ1v) is 11.5. The molecule has 0 bridgehead atoms. The molecule has 0 aliphatic carbocycles. The molecule has 0 fully saturated rings. The van der Waals surface area contributed by atoms with Crippen molar-refractivity contribution in [1.29, 1.82) is 0 Å². The Bertz CT molecular complexity index is 1270. The molecule has 0 saturated heterocycles. The second kappa shape index (κ2) is 7.97. The van der Waals surface area contributed by atoms with Gasteiger partial charge < -0.3 is 10.1 Å². The highest BCUT2D eigenvalue weighted by Crippen LogP contribution is 2.31. The molecule has 0 amide bonds. The first-order chi connectivity index (χ1) is 13.9. The highest BCUT2D eigenvalue weighted by molar-refractivity contribution is 9.11. The van der Waals surface area contributed by atoms with Gasteiger partial charge in [0.05, 0.1) is 21.9 Å². The molecule has 2 heterocycles. The molecule has 2 aromatic heterocycles. The molecule has 0 aliphatic rings. The van der Waals surface area contributed by atoms with E-state index in [0.29, 0.717) is 22.6 Å². The van der Waals surface area contributed by atoms with E-state index in [4.69, 9.17) is 4.74 Å². The third-order valence-electron chi connectivity index (χ3n) is 3.97. The fourth-order valence-corrected chi connectivity index (χ4v) is 5.61. The predicted molar refractivity (Wildman–Crippen MR) is 119 cm³/mol. The second-order valence-corrected chi connectivity index (χ2v) is 10.3. The van der Waals surface area contributed by atoms with Gasteiger partial charge in [0.15, 0.2) is 11.6 Å². The van der Waals surface area contributed by atoms with Crippen molar-refractivity contribution in [2.24, 2.45) is 0 Å². The highest BCUT2D eigenvalue weighted by Gasteiger charge is 2.20. The largest absolute Gasteiger partial charge is 0.497 e. The lowest BCUT2D eigenvalue weighted by atomic mass is 10.3. The minimum atomic E-state index is -3.81. The van der Waals surface area contributed by atoms with Gasteiger partial charge in [-0.05, 0) is 64.5 Å². The quantitative estimate of drug-likeness (QED) is 0.394. The molecule has 4 aromatic rings. The highest BCUT2D eigenvalue weighted by atomic mass is 79.9. The Morgan fingerprint density at radius 2 is 1.59 bits per heavy atom. The summed E-state index contributed by atoms with van der Waals surface area (Å²) in [5, 5.41) is 3.13. The van der Waals surface area contributed by atoms with Gasteiger partial charge in [0.25, 0.3) is 10.0 Å². The number of hydrogen-bond acceptors (Lipinski definition) is 7. The molecule has 0 spiro atoms. The Labute approximate surface area is 180 Å². The number of nitrogens with zero attached hydrogens (tertiary/aromatic N) is 2. The van der Waals surface area contributed by atoms with Crippen LogP contribution in [0.5, 0.6) is 5.75 Å². The SMILES string of the molecule is COc1ccc(Nc2nc3ccccc3nc2NS(=O)(=O)c2ccc(Br)s2)cc1. The van der Waals surface area contributed by atoms with Gasteiger partial charge in [-0.2, -0.15) is 0 Å². The summed E-state index contributed by atoms with van der Waals surface area (Å²) in [5.74, 6) is 1.13. The van der Waals surface area contributed by atoms with Crippen LogP contribution in [0.25, 0.3) is 11.0 Å². The molecular formula is C19H15BrN4O3S2. The fraction of sp³-hybridized carbons (Fsp3) is 0.0526. The van der Waals surface area contributed by atoms with Crippen LogP contribution in [0, 0.1) is 0 Å². The fourth-order valence-electron chi connectivity index (χ4n) is 2.59. The lowest BCUT2D eigenvalue weighted by molar-refractivity contribution is 0.415. The third kappa shape index (κ3) is 4.34. The molecule has 0 saturated carbocycles. The van der Waals surface area contributed by atoms with Crippen LogP contribution in [0.1, 0.15) is 0 Å². The van der Waals surface area contributed by atoms with Gasteiger partial charge in [0, 0.05) is 5.69 Å². The number of hydrogen-bond donors (Lipinski definition) is 2. The molecule has 0 atom stereocenters. The summed E-state index contributed by atoms with van der Waals surface area (Å²) < 4.78 is 34.2. The van der Waals surface area contributed by atoms with Crippen LogP contribution < -0.4 is 14.8 Å². The molecule has 29 heavy (non-hydrogen) atoms. The van der Waals surface area contributed by atoms with E-state index >= 15 is 0 Å². The average molecular weight is 491 g/mol. The zero-order chi connectivity index (χ0) is 20.4. The van der Waals surface area contributed by atoms with Crippen molar-refractivity contribution in [3.05, 3.63) is 64.5 Å². The number of methoxy groups -OCH3 is 1. The second-order valence-electron chi connectivity index (χ2n) is 5.93. The Balaban J connectivity index is 1.75. The normalized spacial score (nSPS) is 11.4. The average Bonchev–Trinajstić information content (AvgIpc) is 3.16. The van der Waals surface area contributed by atoms with Gasteiger partial charge in [-0.1, -0.05) is 12.1 Å². The smallest absolute Gasteiger partial charge is 0.272 e. The summed E-state index contributed by atoms with van der Waals surface area (Å²) in [4.78, 5) is 9.03. The molecule has 10 heteroatoms. The first-order valence-electron chi connectivity index (χ1n) is 8.41. The molecule has 148 valence electrons. The third-order valence-corrected chi connectivity index (χ3v) is 7.42. The van der Waals surface area contributed by atoms with Crippen molar-refractivity contribution in [1.82, 2.24) is 9.97 Å². The number of thiophene rings is 1. The lowest BCUT2D eigenvalue weighted by Gasteiger charge is -2.13. The minimum Gasteiger partial charge on any atom is -0.497 e. The number of anilines is 3. The van der Waals surface area contributed by atoms with Crippen LogP contribution in [0.3, 0.4) is 0 Å². The maximum absolute atomic E-state index is 12.8. The number of nitrogens with one attached hydrogen (secondary N) is 2. The number of sulfonamides is 1. The van der Waals surface area contributed by atoms with Crippen molar-refractivity contribution >= 4 is 65.6 Å². The van der Waals surface area contributed by atoms with E-state index < -0.39 is 10.0 Å². The summed E-state index contributed by atoms with van der Waals surface area (Å²) in [7, 11) is -2.22. The number of benzene rings is 2. The van der Waals surface area contributed by atoms with E-state index in [-0.39, 0.29) is 10.0 Å². The van der Waals surface area contributed by atoms with E-state index in [1.807, 2.05) is 30.3 Å². The lowest BCUT2D eigenvalue weighted by Crippen LogP contribution is -2.15. The van der Waals surface area contributed by atoms with E-state index in [1.54, 1.807) is 31.4 Å². The number of halogens is 1. The van der Waals surface area contributed by atoms with Crippen molar-refractivity contribution in [2.75, 3.05) is 17.1 Å². The van der Waals surface area contributed by atoms with Gasteiger partial charge in [0.1, 0.15) is 9.96 Å². The Morgan fingerprint density at radius 3 is 2.17 bits per heavy atom. The van der Waals surface area contributed by atoms with Crippen molar-refractivity contribution in [3.63, 3.8) is 0 Å². The van der Waals surface area contributed by atoms with E-state index in [1.165, 1.54) is 6.07 Å². The summed E-state index contributed by atoms with van der Waals surface area (Å²) in [6, 6.07) is 17.7. The van der Waals surface area contributed by atoms with Crippen LogP contribution >= 0.6 is 27.3 Å². The van der Waals surface area contributed by atoms with E-state index in [9.17, 15) is 8.42 Å². The van der Waals surface area contributed by atoms with Crippen molar-refractivity contribution in [3.8, 4) is 5.75 Å². The predicted octanol–water partition coefficient (Wildman–Crippen LogP) is 5.01. The first kappa shape index (κ1) is 19.6. The summed E-state index contributed by atoms with van der Waals surface area (Å²) >= 11 is 4.40.